The van der Waals surface area contributed by atoms with E-state index in [-0.39, 0.29) is 6.04 Å². The first-order valence-corrected chi connectivity index (χ1v) is 7.19. The first kappa shape index (κ1) is 14.7. The van der Waals surface area contributed by atoms with E-state index in [0.717, 1.165) is 8.26 Å². The van der Waals surface area contributed by atoms with Gasteiger partial charge in [0.05, 0.1) is 3.79 Å². The normalized spacial score (nSPS) is 12.5. The number of amides is 1. The smallest absolute Gasteiger partial charge is 0.331 e. The Bertz CT molecular complexity index is 414. The number of hydrogen-bond donors (Lipinski definition) is 1. The maximum atomic E-state index is 11.3. The zero-order valence-corrected chi connectivity index (χ0v) is 13.2. The molecule has 0 aromatic carbocycles. The summed E-state index contributed by atoms with van der Waals surface area (Å²) in [6.45, 7) is 3.56. The summed E-state index contributed by atoms with van der Waals surface area (Å²) in [5.41, 5.74) is 0. The van der Waals surface area contributed by atoms with E-state index in [1.807, 2.05) is 0 Å². The van der Waals surface area contributed by atoms with Gasteiger partial charge >= 0.3 is 5.97 Å². The second kappa shape index (κ2) is 5.97. The topological polar surface area (TPSA) is 57.6 Å². The number of carboxylic acid groups (broad SMARTS) is 1. The van der Waals surface area contributed by atoms with Crippen molar-refractivity contribution in [2.45, 2.75) is 25.9 Å². The quantitative estimate of drug-likeness (QED) is 0.792. The van der Waals surface area contributed by atoms with Gasteiger partial charge in [-0.3, -0.25) is 4.79 Å². The van der Waals surface area contributed by atoms with Crippen molar-refractivity contribution in [3.05, 3.63) is 19.2 Å². The minimum atomic E-state index is -1.04. The van der Waals surface area contributed by atoms with Crippen LogP contribution in [0, 0.1) is 0 Å². The number of aliphatic carboxylic acids is 1. The third-order valence-electron chi connectivity index (χ3n) is 2.18. The average molecular weight is 385 g/mol. The monoisotopic (exact) mass is 383 g/mol. The van der Waals surface area contributed by atoms with Crippen molar-refractivity contribution < 1.29 is 14.7 Å². The molecule has 0 aliphatic carbocycles. The molecule has 0 saturated heterocycles. The van der Waals surface area contributed by atoms with E-state index in [9.17, 15) is 14.7 Å². The van der Waals surface area contributed by atoms with Crippen LogP contribution >= 0.6 is 43.2 Å². The lowest BCUT2D eigenvalue weighted by atomic mass is 10.2. The number of rotatable bonds is 5. The first-order valence-electron chi connectivity index (χ1n) is 4.78. The van der Waals surface area contributed by atoms with Gasteiger partial charge in [0.1, 0.15) is 0 Å². The molecule has 1 atom stereocenters. The Hall–Kier alpha value is -0.400. The molecule has 94 valence electrons. The molecule has 4 nitrogen and oxygen atoms in total. The van der Waals surface area contributed by atoms with Gasteiger partial charge in [0, 0.05) is 15.4 Å². The van der Waals surface area contributed by atoms with E-state index in [4.69, 9.17) is 0 Å². The number of nitrogens with zero attached hydrogens (tertiary/aromatic N) is 1. The molecule has 0 fully saturated rings. The minimum absolute atomic E-state index is 0.173. The van der Waals surface area contributed by atoms with Gasteiger partial charge in [0.25, 0.3) is 0 Å². The van der Waals surface area contributed by atoms with Crippen molar-refractivity contribution in [3.8, 4) is 0 Å². The molecule has 1 heterocycles. The molecule has 0 aliphatic heterocycles. The van der Waals surface area contributed by atoms with Gasteiger partial charge in [-0.1, -0.05) is 0 Å². The predicted molar refractivity (Wildman–Crippen MR) is 73.1 cm³/mol. The molecule has 1 amide bonds. The number of halogens is 2. The molecular formula is C10H11Br2NO3S. The Morgan fingerprint density at radius 1 is 1.53 bits per heavy atom. The fourth-order valence-corrected chi connectivity index (χ4v) is 3.57. The Balaban J connectivity index is 3.17. The van der Waals surface area contributed by atoms with Gasteiger partial charge in [0.2, 0.25) is 6.41 Å². The molecule has 1 aromatic heterocycles. The van der Waals surface area contributed by atoms with Crippen LogP contribution in [-0.2, 0) is 9.59 Å². The van der Waals surface area contributed by atoms with Crippen LogP contribution in [0.5, 0.6) is 0 Å². The second-order valence-corrected chi connectivity index (χ2v) is 6.91. The molecule has 0 aliphatic rings. The molecule has 0 saturated carbocycles. The number of hydrogen-bond acceptors (Lipinski definition) is 3. The number of carbonyl (C=O) groups is 2. The minimum Gasteiger partial charge on any atom is -0.479 e. The lowest BCUT2D eigenvalue weighted by Crippen LogP contribution is -2.37. The number of thiophene rings is 1. The average Bonchev–Trinajstić information content (AvgIpc) is 2.53. The second-order valence-electron chi connectivity index (χ2n) is 3.66. The van der Waals surface area contributed by atoms with Crippen molar-refractivity contribution in [1.82, 2.24) is 4.90 Å². The molecule has 7 heteroatoms. The third kappa shape index (κ3) is 3.29. The summed E-state index contributed by atoms with van der Waals surface area (Å²) in [6, 6.07) is 0.597. The first-order chi connectivity index (χ1) is 7.88. The van der Waals surface area contributed by atoms with Gasteiger partial charge in [0.15, 0.2) is 6.04 Å². The van der Waals surface area contributed by atoms with E-state index in [0.29, 0.717) is 11.3 Å². The van der Waals surface area contributed by atoms with Gasteiger partial charge in [-0.05, 0) is 51.8 Å². The highest BCUT2D eigenvalue weighted by molar-refractivity contribution is 9.13. The molecule has 0 spiro atoms. The van der Waals surface area contributed by atoms with Crippen molar-refractivity contribution >= 4 is 55.6 Å². The molecule has 1 rings (SSSR count). The Kier molecular flexibility index (Phi) is 5.15. The largest absolute Gasteiger partial charge is 0.479 e. The van der Waals surface area contributed by atoms with Gasteiger partial charge in [-0.15, -0.1) is 11.3 Å². The maximum Gasteiger partial charge on any atom is 0.331 e. The fraction of sp³-hybridized carbons (Fsp3) is 0.400. The van der Waals surface area contributed by atoms with Crippen molar-refractivity contribution in [2.24, 2.45) is 0 Å². The molecule has 0 radical (unpaired) electrons. The van der Waals surface area contributed by atoms with Crippen molar-refractivity contribution in [2.75, 3.05) is 0 Å². The highest BCUT2D eigenvalue weighted by Crippen LogP contribution is 2.37. The van der Waals surface area contributed by atoms with E-state index in [1.54, 1.807) is 19.9 Å². The van der Waals surface area contributed by atoms with Crippen LogP contribution < -0.4 is 0 Å². The van der Waals surface area contributed by atoms with Crippen LogP contribution in [0.2, 0.25) is 0 Å². The summed E-state index contributed by atoms with van der Waals surface area (Å²) < 4.78 is 1.60. The fourth-order valence-electron chi connectivity index (χ4n) is 1.37. The summed E-state index contributed by atoms with van der Waals surface area (Å²) >= 11 is 7.92. The van der Waals surface area contributed by atoms with Crippen LogP contribution in [-0.4, -0.2) is 28.4 Å². The molecule has 1 unspecified atom stereocenters. The van der Waals surface area contributed by atoms with Crippen LogP contribution in [0.25, 0.3) is 0 Å². The van der Waals surface area contributed by atoms with E-state index < -0.39 is 12.0 Å². The Morgan fingerprint density at radius 2 is 2.12 bits per heavy atom. The lowest BCUT2D eigenvalue weighted by molar-refractivity contribution is -0.147. The van der Waals surface area contributed by atoms with Gasteiger partial charge in [-0.25, -0.2) is 4.79 Å². The van der Waals surface area contributed by atoms with Crippen molar-refractivity contribution in [1.29, 1.82) is 0 Å². The van der Waals surface area contributed by atoms with Gasteiger partial charge in [-0.2, -0.15) is 0 Å². The highest BCUT2D eigenvalue weighted by atomic mass is 79.9. The van der Waals surface area contributed by atoms with Crippen LogP contribution in [0.15, 0.2) is 14.3 Å². The third-order valence-corrected chi connectivity index (χ3v) is 5.49. The summed E-state index contributed by atoms with van der Waals surface area (Å²) in [6.07, 6.45) is 0.574. The van der Waals surface area contributed by atoms with Crippen molar-refractivity contribution in [3.63, 3.8) is 0 Å². The van der Waals surface area contributed by atoms with Crippen LogP contribution in [0.1, 0.15) is 24.8 Å². The molecule has 0 bridgehead atoms. The molecule has 17 heavy (non-hydrogen) atoms. The molecular weight excluding hydrogens is 374 g/mol. The standard InChI is InChI=1S/C10H11Br2NO3S/c1-5(2)13(4-14)8(10(15)16)7-3-6(11)9(12)17-7/h3-5,8H,1-2H3,(H,15,16). The molecule has 1 N–H and O–H groups in total. The Labute approximate surface area is 120 Å². The summed E-state index contributed by atoms with van der Waals surface area (Å²) in [7, 11) is 0. The predicted octanol–water partition coefficient (Wildman–Crippen LogP) is 3.27. The Morgan fingerprint density at radius 3 is 2.41 bits per heavy atom. The van der Waals surface area contributed by atoms with Crippen LogP contribution in [0.4, 0.5) is 0 Å². The van der Waals surface area contributed by atoms with E-state index in [1.165, 1.54) is 16.2 Å². The lowest BCUT2D eigenvalue weighted by Gasteiger charge is -2.27. The van der Waals surface area contributed by atoms with E-state index in [2.05, 4.69) is 31.9 Å². The van der Waals surface area contributed by atoms with Crippen LogP contribution in [0.3, 0.4) is 0 Å². The number of carbonyl (C=O) groups excluding carboxylic acids is 1. The number of carboxylic acids is 1. The summed E-state index contributed by atoms with van der Waals surface area (Å²) in [5.74, 6) is -1.04. The molecule has 1 aromatic rings. The van der Waals surface area contributed by atoms with Gasteiger partial charge < -0.3 is 10.0 Å². The van der Waals surface area contributed by atoms with E-state index >= 15 is 0 Å². The SMILES string of the molecule is CC(C)N(C=O)C(C(=O)O)c1cc(Br)c(Br)s1. The summed E-state index contributed by atoms with van der Waals surface area (Å²) in [4.78, 5) is 24.2. The zero-order valence-electron chi connectivity index (χ0n) is 9.18. The maximum absolute atomic E-state index is 11.3. The summed E-state index contributed by atoms with van der Waals surface area (Å²) in [5, 5.41) is 9.25. The zero-order chi connectivity index (χ0) is 13.2. The highest BCUT2D eigenvalue weighted by Gasteiger charge is 2.30.